The van der Waals surface area contributed by atoms with Crippen molar-refractivity contribution in [3.8, 4) is 0 Å². The van der Waals surface area contributed by atoms with Crippen molar-refractivity contribution in [3.05, 3.63) is 71.8 Å². The molecule has 0 unspecified atom stereocenters. The zero-order chi connectivity index (χ0) is 12.6. The van der Waals surface area contributed by atoms with Gasteiger partial charge in [0.2, 0.25) is 0 Å². The first-order valence-corrected chi connectivity index (χ1v) is 6.66. The van der Waals surface area contributed by atoms with Gasteiger partial charge in [-0.05, 0) is 30.9 Å². The van der Waals surface area contributed by atoms with Gasteiger partial charge in [-0.15, -0.1) is 0 Å². The molecule has 1 atom stereocenters. The summed E-state index contributed by atoms with van der Waals surface area (Å²) in [6.07, 6.45) is 2.32. The fourth-order valence-electron chi connectivity index (χ4n) is 2.02. The van der Waals surface area contributed by atoms with Gasteiger partial charge in [0, 0.05) is 12.6 Å². The molecule has 0 amide bonds. The summed E-state index contributed by atoms with van der Waals surface area (Å²) in [6, 6.07) is 21.8. The highest BCUT2D eigenvalue weighted by atomic mass is 14.9. The number of nitrogens with one attached hydrogen (secondary N) is 1. The fraction of sp³-hybridized carbons (Fsp3) is 0.294. The number of hydrogen-bond acceptors (Lipinski definition) is 1. The van der Waals surface area contributed by atoms with Crippen LogP contribution in [0.25, 0.3) is 0 Å². The summed E-state index contributed by atoms with van der Waals surface area (Å²) in [4.78, 5) is 0. The van der Waals surface area contributed by atoms with Crippen LogP contribution in [0, 0.1) is 0 Å². The SMILES string of the molecule is C[C@@H](CCc1ccccc1)NCc1ccccc1. The van der Waals surface area contributed by atoms with Crippen molar-refractivity contribution < 1.29 is 0 Å². The summed E-state index contributed by atoms with van der Waals surface area (Å²) in [5.41, 5.74) is 2.77. The van der Waals surface area contributed by atoms with Crippen LogP contribution in [0.1, 0.15) is 24.5 Å². The minimum absolute atomic E-state index is 0.547. The monoisotopic (exact) mass is 239 g/mol. The van der Waals surface area contributed by atoms with Crippen molar-refractivity contribution in [1.82, 2.24) is 5.32 Å². The lowest BCUT2D eigenvalue weighted by Crippen LogP contribution is -2.25. The molecule has 0 radical (unpaired) electrons. The molecule has 0 fully saturated rings. The van der Waals surface area contributed by atoms with Crippen LogP contribution in [-0.2, 0) is 13.0 Å². The van der Waals surface area contributed by atoms with Gasteiger partial charge in [-0.3, -0.25) is 0 Å². The maximum atomic E-state index is 3.57. The predicted octanol–water partition coefficient (Wildman–Crippen LogP) is 3.80. The van der Waals surface area contributed by atoms with Gasteiger partial charge in [0.25, 0.3) is 0 Å². The molecule has 1 nitrogen and oxygen atoms in total. The third-order valence-corrected chi connectivity index (χ3v) is 3.21. The molecule has 0 spiro atoms. The highest BCUT2D eigenvalue weighted by Crippen LogP contribution is 2.05. The Morgan fingerprint density at radius 3 is 2.00 bits per heavy atom. The van der Waals surface area contributed by atoms with Crippen LogP contribution in [0.15, 0.2) is 60.7 Å². The first kappa shape index (κ1) is 12.8. The van der Waals surface area contributed by atoms with Crippen LogP contribution in [0.4, 0.5) is 0 Å². The zero-order valence-electron chi connectivity index (χ0n) is 11.0. The molecule has 1 heteroatoms. The van der Waals surface area contributed by atoms with Crippen LogP contribution < -0.4 is 5.32 Å². The van der Waals surface area contributed by atoms with Crippen LogP contribution >= 0.6 is 0 Å². The van der Waals surface area contributed by atoms with Crippen molar-refractivity contribution in [2.75, 3.05) is 0 Å². The van der Waals surface area contributed by atoms with E-state index in [1.807, 2.05) is 0 Å². The van der Waals surface area contributed by atoms with E-state index in [-0.39, 0.29) is 0 Å². The van der Waals surface area contributed by atoms with Gasteiger partial charge >= 0.3 is 0 Å². The molecule has 2 aromatic rings. The molecule has 0 bridgehead atoms. The normalized spacial score (nSPS) is 12.3. The van der Waals surface area contributed by atoms with Crippen LogP contribution in [0.3, 0.4) is 0 Å². The number of hydrogen-bond donors (Lipinski definition) is 1. The molecule has 2 aromatic carbocycles. The molecule has 94 valence electrons. The van der Waals surface area contributed by atoms with E-state index >= 15 is 0 Å². The van der Waals surface area contributed by atoms with Gasteiger partial charge in [0.05, 0.1) is 0 Å². The van der Waals surface area contributed by atoms with Gasteiger partial charge in [0.1, 0.15) is 0 Å². The largest absolute Gasteiger partial charge is 0.310 e. The van der Waals surface area contributed by atoms with E-state index in [4.69, 9.17) is 0 Å². The van der Waals surface area contributed by atoms with Crippen molar-refractivity contribution in [2.24, 2.45) is 0 Å². The summed E-state index contributed by atoms with van der Waals surface area (Å²) in [5.74, 6) is 0. The van der Waals surface area contributed by atoms with E-state index < -0.39 is 0 Å². The summed E-state index contributed by atoms with van der Waals surface area (Å²) < 4.78 is 0. The first-order chi connectivity index (χ1) is 8.84. The number of rotatable bonds is 6. The summed E-state index contributed by atoms with van der Waals surface area (Å²) in [5, 5.41) is 3.57. The van der Waals surface area contributed by atoms with E-state index in [9.17, 15) is 0 Å². The molecule has 0 saturated carbocycles. The maximum absolute atomic E-state index is 3.57. The second kappa shape index (κ2) is 6.97. The molecular weight excluding hydrogens is 218 g/mol. The standard InChI is InChI=1S/C17H21N/c1-15(12-13-16-8-4-2-5-9-16)18-14-17-10-6-3-7-11-17/h2-11,15,18H,12-14H2,1H3/t15-/m0/s1. The highest BCUT2D eigenvalue weighted by Gasteiger charge is 2.02. The molecule has 0 aliphatic carbocycles. The van der Waals surface area contributed by atoms with Gasteiger partial charge in [0.15, 0.2) is 0 Å². The fourth-order valence-corrected chi connectivity index (χ4v) is 2.02. The molecule has 0 saturated heterocycles. The Morgan fingerprint density at radius 1 is 0.833 bits per heavy atom. The van der Waals surface area contributed by atoms with Crippen LogP contribution in [0.5, 0.6) is 0 Å². The van der Waals surface area contributed by atoms with E-state index in [0.717, 1.165) is 13.0 Å². The van der Waals surface area contributed by atoms with Crippen LogP contribution in [0.2, 0.25) is 0 Å². The van der Waals surface area contributed by atoms with Crippen molar-refractivity contribution >= 4 is 0 Å². The van der Waals surface area contributed by atoms with E-state index in [1.54, 1.807) is 0 Å². The Labute approximate surface area is 110 Å². The Bertz CT molecular complexity index is 392. The first-order valence-electron chi connectivity index (χ1n) is 6.66. The maximum Gasteiger partial charge on any atom is 0.0207 e. The van der Waals surface area contributed by atoms with Crippen molar-refractivity contribution in [1.29, 1.82) is 0 Å². The zero-order valence-corrected chi connectivity index (χ0v) is 11.0. The van der Waals surface area contributed by atoms with E-state index in [2.05, 4.69) is 72.9 Å². The topological polar surface area (TPSA) is 12.0 Å². The Kier molecular flexibility index (Phi) is 4.98. The molecule has 0 aromatic heterocycles. The third kappa shape index (κ3) is 4.34. The summed E-state index contributed by atoms with van der Waals surface area (Å²) in [6.45, 7) is 3.21. The van der Waals surface area contributed by atoms with Crippen molar-refractivity contribution in [2.45, 2.75) is 32.4 Å². The lowest BCUT2D eigenvalue weighted by atomic mass is 10.1. The number of benzene rings is 2. The van der Waals surface area contributed by atoms with E-state index in [0.29, 0.717) is 6.04 Å². The highest BCUT2D eigenvalue weighted by molar-refractivity contribution is 5.15. The van der Waals surface area contributed by atoms with Gasteiger partial charge in [-0.25, -0.2) is 0 Å². The van der Waals surface area contributed by atoms with Gasteiger partial charge in [-0.1, -0.05) is 60.7 Å². The Morgan fingerprint density at radius 2 is 1.39 bits per heavy atom. The Balaban J connectivity index is 1.71. The van der Waals surface area contributed by atoms with Crippen LogP contribution in [-0.4, -0.2) is 6.04 Å². The second-order valence-electron chi connectivity index (χ2n) is 4.79. The lowest BCUT2D eigenvalue weighted by molar-refractivity contribution is 0.514. The minimum Gasteiger partial charge on any atom is -0.310 e. The average molecular weight is 239 g/mol. The van der Waals surface area contributed by atoms with Gasteiger partial charge < -0.3 is 5.32 Å². The quantitative estimate of drug-likeness (QED) is 0.808. The Hall–Kier alpha value is -1.60. The molecule has 18 heavy (non-hydrogen) atoms. The number of aryl methyl sites for hydroxylation is 1. The summed E-state index contributed by atoms with van der Waals surface area (Å²) >= 11 is 0. The molecule has 0 heterocycles. The second-order valence-corrected chi connectivity index (χ2v) is 4.79. The van der Waals surface area contributed by atoms with E-state index in [1.165, 1.54) is 17.5 Å². The molecule has 2 rings (SSSR count). The minimum atomic E-state index is 0.547. The van der Waals surface area contributed by atoms with Crippen molar-refractivity contribution in [3.63, 3.8) is 0 Å². The predicted molar refractivity (Wildman–Crippen MR) is 77.5 cm³/mol. The lowest BCUT2D eigenvalue weighted by Gasteiger charge is -2.13. The molecule has 1 N–H and O–H groups in total. The average Bonchev–Trinajstić information content (AvgIpc) is 2.45. The van der Waals surface area contributed by atoms with Gasteiger partial charge in [-0.2, -0.15) is 0 Å². The molecule has 0 aliphatic rings. The summed E-state index contributed by atoms with van der Waals surface area (Å²) in [7, 11) is 0. The third-order valence-electron chi connectivity index (χ3n) is 3.21. The molecular formula is C17H21N. The molecule has 0 aliphatic heterocycles. The smallest absolute Gasteiger partial charge is 0.0207 e.